The number of nitrogens with two attached hydrogens (primary N) is 1. The van der Waals surface area contributed by atoms with E-state index in [4.69, 9.17) is 10.2 Å². The second-order valence-electron chi connectivity index (χ2n) is 5.14. The average Bonchev–Trinajstić information content (AvgIpc) is 2.89. The van der Waals surface area contributed by atoms with Crippen molar-refractivity contribution >= 4 is 0 Å². The first-order valence-electron chi connectivity index (χ1n) is 6.10. The highest BCUT2D eigenvalue weighted by Gasteiger charge is 2.29. The van der Waals surface area contributed by atoms with Gasteiger partial charge in [0.15, 0.2) is 0 Å². The highest BCUT2D eigenvalue weighted by Crippen LogP contribution is 2.33. The van der Waals surface area contributed by atoms with Gasteiger partial charge in [0.25, 0.3) is 0 Å². The van der Waals surface area contributed by atoms with Gasteiger partial charge in [0, 0.05) is 12.6 Å². The molecule has 1 aromatic heterocycles. The van der Waals surface area contributed by atoms with E-state index in [-0.39, 0.29) is 12.1 Å². The average molecular weight is 222 g/mol. The Morgan fingerprint density at radius 2 is 2.19 bits per heavy atom. The summed E-state index contributed by atoms with van der Waals surface area (Å²) in [5.41, 5.74) is 6.07. The van der Waals surface area contributed by atoms with Gasteiger partial charge in [0.1, 0.15) is 11.5 Å². The predicted molar refractivity (Wildman–Crippen MR) is 65.2 cm³/mol. The summed E-state index contributed by atoms with van der Waals surface area (Å²) in [6.45, 7) is 5.15. The molecule has 90 valence electrons. The van der Waals surface area contributed by atoms with E-state index in [9.17, 15) is 0 Å². The SMILES string of the molecule is Cc1ccc(C(C(C)N)N(C)CC2CC2)o1. The molecule has 1 aromatic rings. The number of rotatable bonds is 5. The number of hydrogen-bond donors (Lipinski definition) is 1. The zero-order chi connectivity index (χ0) is 11.7. The zero-order valence-corrected chi connectivity index (χ0v) is 10.4. The second kappa shape index (κ2) is 4.60. The van der Waals surface area contributed by atoms with E-state index in [1.165, 1.54) is 12.8 Å². The number of furan rings is 1. The maximum atomic E-state index is 6.07. The van der Waals surface area contributed by atoms with Crippen molar-refractivity contribution in [2.24, 2.45) is 11.7 Å². The van der Waals surface area contributed by atoms with Gasteiger partial charge in [0.2, 0.25) is 0 Å². The van der Waals surface area contributed by atoms with Crippen LogP contribution in [0.25, 0.3) is 0 Å². The van der Waals surface area contributed by atoms with Gasteiger partial charge >= 0.3 is 0 Å². The summed E-state index contributed by atoms with van der Waals surface area (Å²) in [5.74, 6) is 2.83. The number of likely N-dealkylation sites (N-methyl/N-ethyl adjacent to an activating group) is 1. The van der Waals surface area contributed by atoms with E-state index >= 15 is 0 Å². The summed E-state index contributed by atoms with van der Waals surface area (Å²) >= 11 is 0. The van der Waals surface area contributed by atoms with Crippen molar-refractivity contribution in [2.45, 2.75) is 38.8 Å². The third-order valence-electron chi connectivity index (χ3n) is 3.27. The maximum absolute atomic E-state index is 6.07. The molecule has 3 nitrogen and oxygen atoms in total. The van der Waals surface area contributed by atoms with Crippen LogP contribution >= 0.6 is 0 Å². The molecule has 2 atom stereocenters. The van der Waals surface area contributed by atoms with Gasteiger partial charge in [0.05, 0.1) is 6.04 Å². The molecule has 1 aliphatic carbocycles. The van der Waals surface area contributed by atoms with E-state index < -0.39 is 0 Å². The molecular weight excluding hydrogens is 200 g/mol. The van der Waals surface area contributed by atoms with Crippen molar-refractivity contribution in [1.29, 1.82) is 0 Å². The minimum absolute atomic E-state index is 0.0919. The van der Waals surface area contributed by atoms with Crippen LogP contribution in [0.15, 0.2) is 16.5 Å². The van der Waals surface area contributed by atoms with E-state index in [1.54, 1.807) is 0 Å². The smallest absolute Gasteiger partial charge is 0.122 e. The quantitative estimate of drug-likeness (QED) is 0.831. The molecule has 16 heavy (non-hydrogen) atoms. The lowest BCUT2D eigenvalue weighted by Crippen LogP contribution is -2.38. The van der Waals surface area contributed by atoms with Crippen molar-refractivity contribution < 1.29 is 4.42 Å². The fraction of sp³-hybridized carbons (Fsp3) is 0.692. The Morgan fingerprint density at radius 1 is 1.50 bits per heavy atom. The summed E-state index contributed by atoms with van der Waals surface area (Å²) in [5, 5.41) is 0. The van der Waals surface area contributed by atoms with Crippen LogP contribution < -0.4 is 5.73 Å². The largest absolute Gasteiger partial charge is 0.465 e. The minimum Gasteiger partial charge on any atom is -0.465 e. The van der Waals surface area contributed by atoms with Crippen LogP contribution in [-0.2, 0) is 0 Å². The lowest BCUT2D eigenvalue weighted by Gasteiger charge is -2.29. The Labute approximate surface area is 97.6 Å². The van der Waals surface area contributed by atoms with Crippen LogP contribution in [-0.4, -0.2) is 24.5 Å². The van der Waals surface area contributed by atoms with Gasteiger partial charge in [-0.1, -0.05) is 0 Å². The van der Waals surface area contributed by atoms with Gasteiger partial charge in [-0.05, 0) is 51.8 Å². The van der Waals surface area contributed by atoms with E-state index in [0.717, 1.165) is 24.0 Å². The molecule has 1 fully saturated rings. The van der Waals surface area contributed by atoms with Gasteiger partial charge in [-0.15, -0.1) is 0 Å². The lowest BCUT2D eigenvalue weighted by molar-refractivity contribution is 0.183. The Hall–Kier alpha value is -0.800. The number of hydrogen-bond acceptors (Lipinski definition) is 3. The van der Waals surface area contributed by atoms with Crippen LogP contribution in [0.4, 0.5) is 0 Å². The molecule has 0 amide bonds. The molecular formula is C13H22N2O. The maximum Gasteiger partial charge on any atom is 0.122 e. The molecule has 0 saturated heterocycles. The molecule has 0 radical (unpaired) electrons. The van der Waals surface area contributed by atoms with E-state index in [0.29, 0.717) is 0 Å². The third-order valence-corrected chi connectivity index (χ3v) is 3.27. The lowest BCUT2D eigenvalue weighted by atomic mass is 10.1. The van der Waals surface area contributed by atoms with Crippen LogP contribution in [0.3, 0.4) is 0 Å². The predicted octanol–water partition coefficient (Wildman–Crippen LogP) is 2.32. The van der Waals surface area contributed by atoms with Crippen molar-refractivity contribution in [3.63, 3.8) is 0 Å². The molecule has 3 heteroatoms. The summed E-state index contributed by atoms with van der Waals surface area (Å²) in [6.07, 6.45) is 2.74. The third kappa shape index (κ3) is 2.66. The molecule has 0 aromatic carbocycles. The molecule has 2 N–H and O–H groups in total. The second-order valence-corrected chi connectivity index (χ2v) is 5.14. The van der Waals surface area contributed by atoms with Gasteiger partial charge < -0.3 is 10.2 Å². The van der Waals surface area contributed by atoms with Crippen molar-refractivity contribution in [3.05, 3.63) is 23.7 Å². The van der Waals surface area contributed by atoms with Crippen molar-refractivity contribution in [1.82, 2.24) is 4.90 Å². The molecule has 0 spiro atoms. The van der Waals surface area contributed by atoms with E-state index in [1.807, 2.05) is 26.0 Å². The minimum atomic E-state index is 0.0919. The zero-order valence-electron chi connectivity index (χ0n) is 10.4. The van der Waals surface area contributed by atoms with Crippen LogP contribution in [0, 0.1) is 12.8 Å². The molecule has 2 rings (SSSR count). The molecule has 1 saturated carbocycles. The topological polar surface area (TPSA) is 42.4 Å². The standard InChI is InChI=1S/C13H22N2O/c1-9-4-7-12(16-9)13(10(2)14)15(3)8-11-5-6-11/h4,7,10-11,13H,5-6,8,14H2,1-3H3. The molecule has 1 heterocycles. The van der Waals surface area contributed by atoms with Crippen LogP contribution in [0.1, 0.15) is 37.3 Å². The first-order chi connectivity index (χ1) is 7.58. The summed E-state index contributed by atoms with van der Waals surface area (Å²) in [6, 6.07) is 4.35. The van der Waals surface area contributed by atoms with Crippen molar-refractivity contribution in [3.8, 4) is 0 Å². The highest BCUT2D eigenvalue weighted by atomic mass is 16.3. The summed E-state index contributed by atoms with van der Waals surface area (Å²) in [4.78, 5) is 2.33. The van der Waals surface area contributed by atoms with Gasteiger partial charge in [-0.2, -0.15) is 0 Å². The molecule has 0 aliphatic heterocycles. The molecule has 0 bridgehead atoms. The molecule has 1 aliphatic rings. The number of aryl methyl sites for hydroxylation is 1. The normalized spacial score (nSPS) is 20.1. The Bertz CT molecular complexity index is 341. The van der Waals surface area contributed by atoms with Crippen LogP contribution in [0.5, 0.6) is 0 Å². The van der Waals surface area contributed by atoms with E-state index in [2.05, 4.69) is 11.9 Å². The molecule has 2 unspecified atom stereocenters. The Balaban J connectivity index is 2.08. The Kier molecular flexibility index (Phi) is 3.36. The first-order valence-corrected chi connectivity index (χ1v) is 6.10. The monoisotopic (exact) mass is 222 g/mol. The number of nitrogens with zero attached hydrogens (tertiary/aromatic N) is 1. The fourth-order valence-electron chi connectivity index (χ4n) is 2.31. The summed E-state index contributed by atoms with van der Waals surface area (Å²) in [7, 11) is 2.14. The van der Waals surface area contributed by atoms with Gasteiger partial charge in [-0.25, -0.2) is 0 Å². The first kappa shape index (κ1) is 11.7. The van der Waals surface area contributed by atoms with Crippen LogP contribution in [0.2, 0.25) is 0 Å². The Morgan fingerprint density at radius 3 is 2.62 bits per heavy atom. The van der Waals surface area contributed by atoms with Crippen molar-refractivity contribution in [2.75, 3.05) is 13.6 Å². The van der Waals surface area contributed by atoms with Gasteiger partial charge in [-0.3, -0.25) is 4.90 Å². The highest BCUT2D eigenvalue weighted by molar-refractivity contribution is 5.11. The fourth-order valence-corrected chi connectivity index (χ4v) is 2.31. The summed E-state index contributed by atoms with van der Waals surface area (Å²) < 4.78 is 5.71.